The summed E-state index contributed by atoms with van der Waals surface area (Å²) in [5, 5.41) is 0.00575. The molecular formula is C13H14Cl2O3S. The second kappa shape index (κ2) is 6.25. The summed E-state index contributed by atoms with van der Waals surface area (Å²) in [5.74, 6) is 0.638. The Labute approximate surface area is 126 Å². The summed E-state index contributed by atoms with van der Waals surface area (Å²) in [5.41, 5.74) is 1.81. The van der Waals surface area contributed by atoms with E-state index in [2.05, 4.69) is 0 Å². The predicted molar refractivity (Wildman–Crippen MR) is 77.8 cm³/mol. The normalized spacial score (nSPS) is 17.6. The number of benzene rings is 1. The first-order chi connectivity index (χ1) is 9.04. The number of fused-ring (bicyclic) bond motifs is 1. The van der Waals surface area contributed by atoms with E-state index in [1.54, 1.807) is 13.0 Å². The SMILES string of the molecule is CCOC(=O)Sc1cc(Cl)c2c(c1C)C(Cl)CCO2. The first-order valence-corrected chi connectivity index (χ1v) is 7.62. The molecule has 0 saturated carbocycles. The van der Waals surface area contributed by atoms with Crippen molar-refractivity contribution in [1.82, 2.24) is 0 Å². The molecule has 3 nitrogen and oxygen atoms in total. The van der Waals surface area contributed by atoms with Gasteiger partial charge in [0.2, 0.25) is 0 Å². The molecule has 0 radical (unpaired) electrons. The highest BCUT2D eigenvalue weighted by Crippen LogP contribution is 2.46. The third-order valence-electron chi connectivity index (χ3n) is 2.88. The molecule has 2 rings (SSSR count). The van der Waals surface area contributed by atoms with Crippen LogP contribution in [0, 0.1) is 6.92 Å². The van der Waals surface area contributed by atoms with E-state index in [1.807, 2.05) is 6.92 Å². The van der Waals surface area contributed by atoms with Gasteiger partial charge in [0.25, 0.3) is 0 Å². The molecule has 6 heteroatoms. The number of hydrogen-bond acceptors (Lipinski definition) is 4. The Morgan fingerprint density at radius 3 is 3.05 bits per heavy atom. The van der Waals surface area contributed by atoms with Crippen LogP contribution in [-0.2, 0) is 4.74 Å². The number of alkyl halides is 1. The number of carbonyl (C=O) groups excluding carboxylic acids is 1. The topological polar surface area (TPSA) is 35.5 Å². The summed E-state index contributed by atoms with van der Waals surface area (Å²) in [6.45, 7) is 4.60. The van der Waals surface area contributed by atoms with Gasteiger partial charge in [-0.15, -0.1) is 11.6 Å². The number of rotatable bonds is 2. The highest BCUT2D eigenvalue weighted by atomic mass is 35.5. The van der Waals surface area contributed by atoms with Gasteiger partial charge < -0.3 is 9.47 Å². The Morgan fingerprint density at radius 2 is 2.37 bits per heavy atom. The molecule has 0 aliphatic carbocycles. The molecule has 104 valence electrons. The molecule has 0 spiro atoms. The number of carbonyl (C=O) groups is 1. The Kier molecular flexibility index (Phi) is 4.87. The van der Waals surface area contributed by atoms with Crippen molar-refractivity contribution in [1.29, 1.82) is 0 Å². The van der Waals surface area contributed by atoms with E-state index in [-0.39, 0.29) is 10.7 Å². The standard InChI is InChI=1S/C13H14Cl2O3S/c1-3-17-13(16)19-10-6-9(15)12-11(7(10)2)8(14)4-5-18-12/h6,8H,3-5H2,1-2H3. The van der Waals surface area contributed by atoms with E-state index in [0.717, 1.165) is 34.2 Å². The summed E-state index contributed by atoms with van der Waals surface area (Å²) >= 11 is 13.6. The average Bonchev–Trinajstić information content (AvgIpc) is 2.35. The maximum absolute atomic E-state index is 11.6. The lowest BCUT2D eigenvalue weighted by atomic mass is 10.0. The maximum Gasteiger partial charge on any atom is 0.372 e. The number of thioether (sulfide) groups is 1. The summed E-state index contributed by atoms with van der Waals surface area (Å²) in [7, 11) is 0. The largest absolute Gasteiger partial charge is 0.492 e. The summed E-state index contributed by atoms with van der Waals surface area (Å²) in [6.07, 6.45) is 0.735. The molecule has 1 aliphatic heterocycles. The molecule has 0 fully saturated rings. The van der Waals surface area contributed by atoms with Crippen molar-refractivity contribution in [2.24, 2.45) is 0 Å². The Hall–Kier alpha value is -0.580. The smallest absolute Gasteiger partial charge is 0.372 e. The van der Waals surface area contributed by atoms with Crippen molar-refractivity contribution in [3.63, 3.8) is 0 Å². The molecule has 0 saturated heterocycles. The zero-order chi connectivity index (χ0) is 14.0. The second-order valence-corrected chi connectivity index (χ2v) is 6.03. The van der Waals surface area contributed by atoms with Gasteiger partial charge in [-0.25, -0.2) is 4.79 Å². The van der Waals surface area contributed by atoms with Crippen LogP contribution in [0.1, 0.15) is 29.8 Å². The van der Waals surface area contributed by atoms with Crippen LogP contribution < -0.4 is 4.74 Å². The molecule has 19 heavy (non-hydrogen) atoms. The maximum atomic E-state index is 11.6. The minimum absolute atomic E-state index is 0.135. The number of hydrogen-bond donors (Lipinski definition) is 0. The molecular weight excluding hydrogens is 307 g/mol. The quantitative estimate of drug-likeness (QED) is 0.438. The van der Waals surface area contributed by atoms with Crippen molar-refractivity contribution in [2.45, 2.75) is 30.5 Å². The van der Waals surface area contributed by atoms with Gasteiger partial charge in [0, 0.05) is 16.9 Å². The van der Waals surface area contributed by atoms with E-state index < -0.39 is 0 Å². The zero-order valence-corrected chi connectivity index (χ0v) is 13.0. The van der Waals surface area contributed by atoms with E-state index in [4.69, 9.17) is 32.7 Å². The summed E-state index contributed by atoms with van der Waals surface area (Å²) in [6, 6.07) is 1.73. The third-order valence-corrected chi connectivity index (χ3v) is 4.53. The van der Waals surface area contributed by atoms with Gasteiger partial charge in [-0.3, -0.25) is 0 Å². The molecule has 1 heterocycles. The molecule has 1 aromatic carbocycles. The Balaban J connectivity index is 2.38. The van der Waals surface area contributed by atoms with Crippen LogP contribution >= 0.6 is 35.0 Å². The summed E-state index contributed by atoms with van der Waals surface area (Å²) in [4.78, 5) is 12.3. The molecule has 0 N–H and O–H groups in total. The lowest BCUT2D eigenvalue weighted by molar-refractivity contribution is 0.181. The molecule has 0 bridgehead atoms. The average molecular weight is 321 g/mol. The van der Waals surface area contributed by atoms with Gasteiger partial charge in [0.15, 0.2) is 0 Å². The van der Waals surface area contributed by atoms with Crippen LogP contribution in [0.15, 0.2) is 11.0 Å². The predicted octanol–water partition coefficient (Wildman–Crippen LogP) is 4.96. The van der Waals surface area contributed by atoms with Crippen LogP contribution in [0.3, 0.4) is 0 Å². The third kappa shape index (κ3) is 3.12. The molecule has 0 aromatic heterocycles. The van der Waals surface area contributed by atoms with Gasteiger partial charge in [0.1, 0.15) is 5.75 Å². The minimum atomic E-state index is -0.343. The van der Waals surface area contributed by atoms with E-state index in [0.29, 0.717) is 24.0 Å². The fraction of sp³-hybridized carbons (Fsp3) is 0.462. The van der Waals surface area contributed by atoms with Crippen molar-refractivity contribution >= 4 is 40.3 Å². The van der Waals surface area contributed by atoms with Crippen LogP contribution in [0.2, 0.25) is 5.02 Å². The number of halogens is 2. The fourth-order valence-electron chi connectivity index (χ4n) is 2.00. The van der Waals surface area contributed by atoms with Gasteiger partial charge in [-0.05, 0) is 37.2 Å². The molecule has 1 unspecified atom stereocenters. The monoisotopic (exact) mass is 320 g/mol. The van der Waals surface area contributed by atoms with Gasteiger partial charge in [-0.1, -0.05) is 11.6 Å². The molecule has 0 amide bonds. The van der Waals surface area contributed by atoms with Crippen LogP contribution in [0.25, 0.3) is 0 Å². The molecule has 1 atom stereocenters. The van der Waals surface area contributed by atoms with Gasteiger partial charge in [-0.2, -0.15) is 0 Å². The second-order valence-electron chi connectivity index (χ2n) is 4.11. The minimum Gasteiger partial charge on any atom is -0.492 e. The summed E-state index contributed by atoms with van der Waals surface area (Å²) < 4.78 is 10.5. The lowest BCUT2D eigenvalue weighted by Crippen LogP contribution is -2.13. The van der Waals surface area contributed by atoms with Crippen molar-refractivity contribution in [3.05, 3.63) is 22.2 Å². The fourth-order valence-corrected chi connectivity index (χ4v) is 3.47. The van der Waals surface area contributed by atoms with Gasteiger partial charge >= 0.3 is 5.30 Å². The van der Waals surface area contributed by atoms with Gasteiger partial charge in [0.05, 0.1) is 23.6 Å². The Morgan fingerprint density at radius 1 is 1.63 bits per heavy atom. The van der Waals surface area contributed by atoms with E-state index in [1.165, 1.54) is 0 Å². The van der Waals surface area contributed by atoms with Crippen LogP contribution in [-0.4, -0.2) is 18.5 Å². The Bertz CT molecular complexity index is 505. The van der Waals surface area contributed by atoms with Crippen molar-refractivity contribution < 1.29 is 14.3 Å². The van der Waals surface area contributed by atoms with E-state index in [9.17, 15) is 4.79 Å². The van der Waals surface area contributed by atoms with E-state index >= 15 is 0 Å². The first kappa shape index (κ1) is 14.8. The molecule has 1 aliphatic rings. The highest BCUT2D eigenvalue weighted by Gasteiger charge is 2.26. The van der Waals surface area contributed by atoms with Crippen LogP contribution in [0.5, 0.6) is 5.75 Å². The van der Waals surface area contributed by atoms with Crippen LogP contribution in [0.4, 0.5) is 4.79 Å². The van der Waals surface area contributed by atoms with Crippen molar-refractivity contribution in [2.75, 3.05) is 13.2 Å². The molecule has 1 aromatic rings. The lowest BCUT2D eigenvalue weighted by Gasteiger charge is -2.25. The number of ether oxygens (including phenoxy) is 2. The first-order valence-electron chi connectivity index (χ1n) is 5.99. The highest BCUT2D eigenvalue weighted by molar-refractivity contribution is 8.13. The zero-order valence-electron chi connectivity index (χ0n) is 10.7. The van der Waals surface area contributed by atoms with Crippen molar-refractivity contribution in [3.8, 4) is 5.75 Å².